The number of thiophene rings is 2. The Morgan fingerprint density at radius 2 is 0.509 bits per heavy atom. The molecule has 0 saturated heterocycles. The second-order valence-electron chi connectivity index (χ2n) is 28.4. The molecule has 22 aromatic rings. The molecule has 0 radical (unpaired) electrons. The van der Waals surface area contributed by atoms with E-state index in [0.717, 1.165) is 144 Å². The quantitative estimate of drug-likeness (QED) is 0.112. The van der Waals surface area contributed by atoms with Crippen molar-refractivity contribution in [3.05, 3.63) is 364 Å². The summed E-state index contributed by atoms with van der Waals surface area (Å²) in [6.45, 7) is 0. The molecule has 10 heteroatoms. The number of aromatic nitrogens is 6. The van der Waals surface area contributed by atoms with Crippen molar-refractivity contribution in [2.75, 3.05) is 0 Å². The van der Waals surface area contributed by atoms with Gasteiger partial charge in [0.2, 0.25) is 0 Å². The minimum Gasteiger partial charge on any atom is -0.456 e. The minimum absolute atomic E-state index is 0.542. The van der Waals surface area contributed by atoms with Crippen LogP contribution in [0.5, 0.6) is 0 Å². The molecular formula is C102H60N6O2S2. The molecule has 22 rings (SSSR count). The highest BCUT2D eigenvalue weighted by Gasteiger charge is 2.23. The Labute approximate surface area is 651 Å². The lowest BCUT2D eigenvalue weighted by molar-refractivity contribution is 0.668. The third-order valence-corrected chi connectivity index (χ3v) is 23.9. The van der Waals surface area contributed by atoms with Gasteiger partial charge in [0.1, 0.15) is 22.3 Å². The van der Waals surface area contributed by atoms with Gasteiger partial charge in [-0.2, -0.15) is 0 Å². The molecule has 0 bridgehead atoms. The molecule has 6 aromatic heterocycles. The van der Waals surface area contributed by atoms with E-state index < -0.39 is 0 Å². The van der Waals surface area contributed by atoms with Gasteiger partial charge in [0, 0.05) is 101 Å². The van der Waals surface area contributed by atoms with Crippen LogP contribution < -0.4 is 0 Å². The normalized spacial score (nSPS) is 11.8. The van der Waals surface area contributed by atoms with Crippen molar-refractivity contribution in [3.8, 4) is 146 Å². The zero-order chi connectivity index (χ0) is 73.7. The van der Waals surface area contributed by atoms with E-state index in [1.165, 1.54) is 51.5 Å². The first-order valence-electron chi connectivity index (χ1n) is 37.4. The lowest BCUT2D eigenvalue weighted by Gasteiger charge is -2.12. The molecule has 0 aliphatic heterocycles. The van der Waals surface area contributed by atoms with Crippen molar-refractivity contribution in [2.24, 2.45) is 0 Å². The first kappa shape index (κ1) is 64.7. The fraction of sp³-hybridized carbons (Fsp3) is 0. The maximum Gasteiger partial charge on any atom is 0.164 e. The van der Waals surface area contributed by atoms with Crippen molar-refractivity contribution in [3.63, 3.8) is 0 Å². The van der Waals surface area contributed by atoms with Crippen LogP contribution in [0.2, 0.25) is 0 Å². The van der Waals surface area contributed by atoms with Crippen molar-refractivity contribution in [1.29, 1.82) is 0 Å². The molecule has 0 saturated carbocycles. The zero-order valence-corrected chi connectivity index (χ0v) is 61.6. The molecule has 0 amide bonds. The summed E-state index contributed by atoms with van der Waals surface area (Å²) in [6.07, 6.45) is 0. The fourth-order valence-electron chi connectivity index (χ4n) is 16.0. The number of rotatable bonds is 13. The van der Waals surface area contributed by atoms with Crippen LogP contribution in [0.3, 0.4) is 0 Å². The Kier molecular flexibility index (Phi) is 15.5. The maximum absolute atomic E-state index is 6.77. The summed E-state index contributed by atoms with van der Waals surface area (Å²) in [6, 6.07) is 129. The van der Waals surface area contributed by atoms with E-state index in [4.69, 9.17) is 38.7 Å². The van der Waals surface area contributed by atoms with Crippen LogP contribution in [0.4, 0.5) is 0 Å². The molecule has 0 fully saturated rings. The maximum atomic E-state index is 6.77. The number of benzene rings is 16. The predicted molar refractivity (Wildman–Crippen MR) is 464 cm³/mol. The average molecular weight is 1470 g/mol. The molecular weight excluding hydrogens is 1410 g/mol. The summed E-state index contributed by atoms with van der Waals surface area (Å²) in [5, 5.41) is 9.09. The molecule has 6 heterocycles. The highest BCUT2D eigenvalue weighted by Crippen LogP contribution is 2.47. The summed E-state index contributed by atoms with van der Waals surface area (Å²) >= 11 is 3.69. The number of hydrogen-bond donors (Lipinski definition) is 0. The van der Waals surface area contributed by atoms with Gasteiger partial charge in [-0.05, 0) is 175 Å². The summed E-state index contributed by atoms with van der Waals surface area (Å²) in [7, 11) is 0. The molecule has 0 N–H and O–H groups in total. The van der Waals surface area contributed by atoms with Crippen LogP contribution >= 0.6 is 22.7 Å². The van der Waals surface area contributed by atoms with Gasteiger partial charge < -0.3 is 8.83 Å². The van der Waals surface area contributed by atoms with E-state index in [9.17, 15) is 0 Å². The Hall–Kier alpha value is -14.4. The zero-order valence-electron chi connectivity index (χ0n) is 60.0. The van der Waals surface area contributed by atoms with Gasteiger partial charge in [-0.25, -0.2) is 29.9 Å². The molecule has 0 aliphatic rings. The van der Waals surface area contributed by atoms with Crippen molar-refractivity contribution in [2.45, 2.75) is 0 Å². The van der Waals surface area contributed by atoms with Gasteiger partial charge in [0.15, 0.2) is 34.9 Å². The lowest BCUT2D eigenvalue weighted by atomic mass is 9.93. The Balaban J connectivity index is 0.599. The highest BCUT2D eigenvalue weighted by atomic mass is 32.1. The van der Waals surface area contributed by atoms with Gasteiger partial charge in [0.25, 0.3) is 0 Å². The standard InChI is InChI=1S/C102H60N6O2S2/c1-5-20-61(21-6-1)67-28-17-31-72(50-67)98-103-97(66-26-11-4-12-27-66)104-101(106-98)75-42-46-80-86-54-71(45-49-89(86)110-90(80)58-75)78-55-83(95-82-35-14-16-37-93(82)111-94(95)60-78)65-40-38-63(39-41-65)69-30-19-33-74(52-69)100-105-99(73-32-18-29-68(51-73)62-22-7-2-8-23-62)107-102(108-100)76-43-47-79-85-53-70(44-48-88(85)109-91(79)59-76)77-56-84(64-24-9-3-10-25-64)96-87(57-77)81-34-13-15-36-92(81)112-96/h1-60H. The SMILES string of the molecule is c1ccc(-c2cccc(-c3nc(-c4ccccc4)nc(-c4ccc5c(c4)oc4ccc(-c6cc(-c7ccc(-c8cccc(-c9nc(-c%10cccc(-c%11ccccc%11)c%10)nc(-c%10ccc%11c(c%10)oc%10ccc(-c%12cc(-c%13ccccc%13)c%13sc%14ccccc%14c%13c%12)cc%10%11)n9)c8)cc7)c7c(c6)sc6ccccc67)cc45)n3)c2)cc1. The third kappa shape index (κ3) is 11.6. The summed E-state index contributed by atoms with van der Waals surface area (Å²) in [5.41, 5.74) is 24.0. The molecule has 8 nitrogen and oxygen atoms in total. The minimum atomic E-state index is 0.542. The smallest absolute Gasteiger partial charge is 0.164 e. The monoisotopic (exact) mass is 1460 g/mol. The van der Waals surface area contributed by atoms with Gasteiger partial charge >= 0.3 is 0 Å². The van der Waals surface area contributed by atoms with Crippen LogP contribution in [-0.4, -0.2) is 29.9 Å². The average Bonchev–Trinajstić information content (AvgIpc) is 1.59. The predicted octanol–water partition coefficient (Wildman–Crippen LogP) is 28.3. The molecule has 112 heavy (non-hydrogen) atoms. The van der Waals surface area contributed by atoms with Crippen LogP contribution in [0.1, 0.15) is 0 Å². The van der Waals surface area contributed by atoms with Crippen LogP contribution in [0.25, 0.3) is 230 Å². The van der Waals surface area contributed by atoms with Gasteiger partial charge in [-0.15, -0.1) is 22.7 Å². The fourth-order valence-corrected chi connectivity index (χ4v) is 18.4. The number of hydrogen-bond acceptors (Lipinski definition) is 10. The van der Waals surface area contributed by atoms with Crippen molar-refractivity contribution >= 4 is 107 Å². The Bertz CT molecular complexity index is 7500. The first-order valence-corrected chi connectivity index (χ1v) is 39.0. The molecule has 0 aliphatic carbocycles. The van der Waals surface area contributed by atoms with Gasteiger partial charge in [-0.3, -0.25) is 0 Å². The molecule has 0 atom stereocenters. The topological polar surface area (TPSA) is 104 Å². The molecule has 0 unspecified atom stereocenters. The highest BCUT2D eigenvalue weighted by molar-refractivity contribution is 7.26. The molecule has 16 aromatic carbocycles. The Morgan fingerprint density at radius 3 is 1.02 bits per heavy atom. The first-order chi connectivity index (χ1) is 55.4. The van der Waals surface area contributed by atoms with E-state index in [1.54, 1.807) is 0 Å². The lowest BCUT2D eigenvalue weighted by Crippen LogP contribution is -2.00. The number of nitrogens with zero attached hydrogens (tertiary/aromatic N) is 6. The molecule has 522 valence electrons. The van der Waals surface area contributed by atoms with Gasteiger partial charge in [-0.1, -0.05) is 261 Å². The summed E-state index contributed by atoms with van der Waals surface area (Å²) in [5.74, 6) is 3.43. The van der Waals surface area contributed by atoms with E-state index >= 15 is 0 Å². The van der Waals surface area contributed by atoms with Crippen LogP contribution in [0.15, 0.2) is 373 Å². The van der Waals surface area contributed by atoms with Crippen molar-refractivity contribution in [1.82, 2.24) is 29.9 Å². The second-order valence-corrected chi connectivity index (χ2v) is 30.6. The van der Waals surface area contributed by atoms with Gasteiger partial charge in [0.05, 0.1) is 0 Å². The second kappa shape index (κ2) is 26.8. The van der Waals surface area contributed by atoms with E-state index in [2.05, 4.69) is 322 Å². The summed E-state index contributed by atoms with van der Waals surface area (Å²) < 4.78 is 18.5. The van der Waals surface area contributed by atoms with E-state index in [-0.39, 0.29) is 0 Å². The van der Waals surface area contributed by atoms with Crippen LogP contribution in [0, 0.1) is 0 Å². The molecule has 0 spiro atoms. The van der Waals surface area contributed by atoms with Crippen LogP contribution in [-0.2, 0) is 0 Å². The Morgan fingerprint density at radius 1 is 0.170 bits per heavy atom. The number of furan rings is 2. The third-order valence-electron chi connectivity index (χ3n) is 21.6. The van der Waals surface area contributed by atoms with Crippen molar-refractivity contribution < 1.29 is 8.83 Å². The van der Waals surface area contributed by atoms with E-state index in [1.807, 2.05) is 65.1 Å². The summed E-state index contributed by atoms with van der Waals surface area (Å²) in [4.78, 5) is 31.3. The number of fused-ring (bicyclic) bond motifs is 12. The largest absolute Gasteiger partial charge is 0.456 e. The van der Waals surface area contributed by atoms with E-state index in [0.29, 0.717) is 34.9 Å².